The molecule has 3 nitrogen and oxygen atoms in total. The van der Waals surface area contributed by atoms with Crippen molar-refractivity contribution in [1.29, 1.82) is 0 Å². The van der Waals surface area contributed by atoms with E-state index in [0.29, 0.717) is 0 Å². The van der Waals surface area contributed by atoms with Gasteiger partial charge in [0.2, 0.25) is 0 Å². The number of hydrogen-bond acceptors (Lipinski definition) is 4. The van der Waals surface area contributed by atoms with Crippen LogP contribution >= 0.6 is 11.3 Å². The van der Waals surface area contributed by atoms with Gasteiger partial charge < -0.3 is 9.97 Å². The van der Waals surface area contributed by atoms with E-state index in [0.717, 1.165) is 22.5 Å². The second-order valence-corrected chi connectivity index (χ2v) is 8.48. The summed E-state index contributed by atoms with van der Waals surface area (Å²) in [7, 11) is 0. The summed E-state index contributed by atoms with van der Waals surface area (Å²) in [5.41, 5.74) is 6.76. The van der Waals surface area contributed by atoms with Gasteiger partial charge in [0.1, 0.15) is 0 Å². The molecule has 5 heteroatoms. The minimum absolute atomic E-state index is 0. The van der Waals surface area contributed by atoms with Crippen molar-refractivity contribution in [3.63, 3.8) is 0 Å². The molecular formula is C27H21IrN3S-2. The largest absolute Gasteiger partial charge is 0.321 e. The molecule has 0 N–H and O–H groups in total. The van der Waals surface area contributed by atoms with E-state index >= 15 is 0 Å². The molecule has 161 valence electrons. The zero-order chi connectivity index (χ0) is 20.9. The predicted molar refractivity (Wildman–Crippen MR) is 127 cm³/mol. The zero-order valence-electron chi connectivity index (χ0n) is 17.4. The monoisotopic (exact) mass is 612 g/mol. The van der Waals surface area contributed by atoms with Crippen LogP contribution in [0.1, 0.15) is 23.3 Å². The van der Waals surface area contributed by atoms with E-state index in [9.17, 15) is 0 Å². The van der Waals surface area contributed by atoms with E-state index in [1.807, 2.05) is 78.2 Å². The molecule has 1 radical (unpaired) electrons. The summed E-state index contributed by atoms with van der Waals surface area (Å²) in [5.74, 6) is 0. The standard InChI is InChI=1S/C16H13N2S.C11H8N.Ir/c1-2-7-14-12(5-1)15-16(19-14)11(8-10-18-15)13-6-3-4-9-17-13;1-2-6-10(7-3-1)11-8-4-5-9-12-11;/h3-4,6,9-10H,1-2,5,7H2;1-6,8-9H;/q2*-1;. The van der Waals surface area contributed by atoms with Crippen LogP contribution in [-0.2, 0) is 32.9 Å². The van der Waals surface area contributed by atoms with Crippen molar-refractivity contribution in [2.24, 2.45) is 0 Å². The Balaban J connectivity index is 0.000000164. The number of hydrogen-bond donors (Lipinski definition) is 0. The summed E-state index contributed by atoms with van der Waals surface area (Å²) in [5, 5.41) is 0. The molecule has 0 amide bonds. The number of thiophene rings is 1. The fourth-order valence-electron chi connectivity index (χ4n) is 3.86. The fourth-order valence-corrected chi connectivity index (χ4v) is 5.21. The molecule has 0 fully saturated rings. The molecule has 6 rings (SSSR count). The Morgan fingerprint density at radius 2 is 1.50 bits per heavy atom. The van der Waals surface area contributed by atoms with Crippen LogP contribution in [0, 0.1) is 12.1 Å². The summed E-state index contributed by atoms with van der Waals surface area (Å²) in [4.78, 5) is 14.8. The minimum Gasteiger partial charge on any atom is -0.321 e. The quantitative estimate of drug-likeness (QED) is 0.212. The van der Waals surface area contributed by atoms with E-state index in [1.54, 1.807) is 12.4 Å². The number of rotatable bonds is 2. The van der Waals surface area contributed by atoms with Crippen LogP contribution in [0.5, 0.6) is 0 Å². The number of aryl methyl sites for hydroxylation is 2. The average molecular weight is 612 g/mol. The molecule has 4 aromatic heterocycles. The van der Waals surface area contributed by atoms with Gasteiger partial charge in [-0.05, 0) is 70.5 Å². The minimum atomic E-state index is 0. The molecule has 4 heterocycles. The van der Waals surface area contributed by atoms with Crippen LogP contribution in [0.25, 0.3) is 32.7 Å². The molecule has 0 saturated carbocycles. The molecule has 0 bridgehead atoms. The van der Waals surface area contributed by atoms with Crippen LogP contribution in [-0.4, -0.2) is 15.0 Å². The Morgan fingerprint density at radius 1 is 0.750 bits per heavy atom. The van der Waals surface area contributed by atoms with Gasteiger partial charge in [0.15, 0.2) is 0 Å². The second kappa shape index (κ2) is 10.7. The van der Waals surface area contributed by atoms with E-state index in [4.69, 9.17) is 0 Å². The Kier molecular flexibility index (Phi) is 7.54. The van der Waals surface area contributed by atoms with Crippen LogP contribution in [0.2, 0.25) is 0 Å². The molecule has 1 aliphatic rings. The van der Waals surface area contributed by atoms with Gasteiger partial charge in [0, 0.05) is 38.0 Å². The first-order chi connectivity index (χ1) is 15.4. The molecule has 0 aliphatic heterocycles. The fraction of sp³-hybridized carbons (Fsp3) is 0.148. The van der Waals surface area contributed by atoms with Crippen molar-refractivity contribution in [2.45, 2.75) is 25.7 Å². The topological polar surface area (TPSA) is 38.7 Å². The summed E-state index contributed by atoms with van der Waals surface area (Å²) in [6.07, 6.45) is 10.4. The number of nitrogens with zero attached hydrogens (tertiary/aromatic N) is 3. The first-order valence-electron chi connectivity index (χ1n) is 10.5. The van der Waals surface area contributed by atoms with Crippen molar-refractivity contribution in [2.75, 3.05) is 0 Å². The van der Waals surface area contributed by atoms with Crippen LogP contribution in [0.4, 0.5) is 0 Å². The van der Waals surface area contributed by atoms with Gasteiger partial charge in [-0.25, -0.2) is 11.3 Å². The predicted octanol–water partition coefficient (Wildman–Crippen LogP) is 6.58. The van der Waals surface area contributed by atoms with Crippen molar-refractivity contribution in [1.82, 2.24) is 15.0 Å². The van der Waals surface area contributed by atoms with Gasteiger partial charge in [0.05, 0.1) is 0 Å². The van der Waals surface area contributed by atoms with Crippen LogP contribution in [0.3, 0.4) is 0 Å². The zero-order valence-corrected chi connectivity index (χ0v) is 20.6. The summed E-state index contributed by atoms with van der Waals surface area (Å²) in [6.45, 7) is 0. The van der Waals surface area contributed by atoms with Gasteiger partial charge in [-0.1, -0.05) is 24.3 Å². The Bertz CT molecular complexity index is 1230. The molecule has 0 atom stereocenters. The summed E-state index contributed by atoms with van der Waals surface area (Å²) >= 11 is 1.89. The van der Waals surface area contributed by atoms with E-state index in [-0.39, 0.29) is 20.1 Å². The Hall–Kier alpha value is -2.72. The van der Waals surface area contributed by atoms with E-state index in [1.165, 1.54) is 46.3 Å². The van der Waals surface area contributed by atoms with Gasteiger partial charge in [-0.2, -0.15) is 6.07 Å². The van der Waals surface area contributed by atoms with Gasteiger partial charge >= 0.3 is 0 Å². The number of aromatic nitrogens is 3. The van der Waals surface area contributed by atoms with Crippen molar-refractivity contribution < 1.29 is 20.1 Å². The van der Waals surface area contributed by atoms with Gasteiger partial charge in [-0.3, -0.25) is 4.98 Å². The summed E-state index contributed by atoms with van der Waals surface area (Å²) in [6, 6.07) is 26.1. The SMILES string of the molecule is [Ir].[c-]1ccccc1-c1ccccn1.[c-]1cnc2c3c(sc2c1-c1ccccn1)CCCC3. The third-order valence-electron chi connectivity index (χ3n) is 5.34. The molecule has 0 saturated heterocycles. The maximum atomic E-state index is 4.57. The Labute approximate surface area is 206 Å². The molecule has 1 aromatic carbocycles. The number of benzene rings is 1. The molecule has 0 spiro atoms. The maximum Gasteiger partial charge on any atom is 0.0285 e. The van der Waals surface area contributed by atoms with Gasteiger partial charge in [0.25, 0.3) is 0 Å². The molecule has 5 aromatic rings. The normalized spacial score (nSPS) is 12.2. The van der Waals surface area contributed by atoms with E-state index < -0.39 is 0 Å². The maximum absolute atomic E-state index is 4.57. The number of fused-ring (bicyclic) bond motifs is 3. The smallest absolute Gasteiger partial charge is 0.0285 e. The van der Waals surface area contributed by atoms with Crippen molar-refractivity contribution in [3.05, 3.63) is 102 Å². The molecule has 1 aliphatic carbocycles. The van der Waals surface area contributed by atoms with Crippen LogP contribution in [0.15, 0.2) is 79.3 Å². The van der Waals surface area contributed by atoms with E-state index in [2.05, 4.69) is 27.1 Å². The van der Waals surface area contributed by atoms with Gasteiger partial charge in [-0.15, -0.1) is 41.5 Å². The first-order valence-corrected chi connectivity index (χ1v) is 11.3. The third-order valence-corrected chi connectivity index (χ3v) is 6.64. The first kappa shape index (κ1) is 22.5. The molecule has 0 unspecified atom stereocenters. The third kappa shape index (κ3) is 4.86. The second-order valence-electron chi connectivity index (χ2n) is 7.37. The molecule has 32 heavy (non-hydrogen) atoms. The average Bonchev–Trinajstić information content (AvgIpc) is 3.25. The van der Waals surface area contributed by atoms with Crippen LogP contribution < -0.4 is 0 Å². The Morgan fingerprint density at radius 3 is 2.22 bits per heavy atom. The molecular weight excluding hydrogens is 591 g/mol. The van der Waals surface area contributed by atoms with Crippen molar-refractivity contribution >= 4 is 21.6 Å². The summed E-state index contributed by atoms with van der Waals surface area (Å²) < 4.78 is 1.26. The number of pyridine rings is 3. The van der Waals surface area contributed by atoms with Crippen molar-refractivity contribution in [3.8, 4) is 22.5 Å².